The van der Waals surface area contributed by atoms with Crippen molar-refractivity contribution in [1.29, 1.82) is 0 Å². The Morgan fingerprint density at radius 3 is 2.75 bits per heavy atom. The van der Waals surface area contributed by atoms with E-state index in [0.717, 1.165) is 28.1 Å². The first kappa shape index (κ1) is 8.97. The second kappa shape index (κ2) is 3.38. The van der Waals surface area contributed by atoms with Crippen LogP contribution in [0.1, 0.15) is 10.4 Å². The van der Waals surface area contributed by atoms with Gasteiger partial charge in [0.2, 0.25) is 0 Å². The van der Waals surface area contributed by atoms with Crippen molar-refractivity contribution in [2.45, 2.75) is 0 Å². The van der Waals surface area contributed by atoms with Gasteiger partial charge in [0.15, 0.2) is 0 Å². The average Bonchev–Trinajstić information content (AvgIpc) is 2.38. The minimum absolute atomic E-state index is 0.642. The first-order valence-corrected chi connectivity index (χ1v) is 4.97. The molecule has 0 aliphatic carbocycles. The lowest BCUT2D eigenvalue weighted by Crippen LogP contribution is -1.86. The Balaban J connectivity index is 2.47. The minimum atomic E-state index is 0.642. The van der Waals surface area contributed by atoms with E-state index in [2.05, 4.69) is 9.97 Å². The zero-order chi connectivity index (χ0) is 11.0. The predicted octanol–water partition coefficient (Wildman–Crippen LogP) is 2.60. The van der Waals surface area contributed by atoms with Gasteiger partial charge in [-0.2, -0.15) is 0 Å². The van der Waals surface area contributed by atoms with Crippen LogP contribution in [0.5, 0.6) is 0 Å². The van der Waals surface area contributed by atoms with Gasteiger partial charge in [-0.1, -0.05) is 18.2 Å². The van der Waals surface area contributed by atoms with Gasteiger partial charge < -0.3 is 0 Å². The van der Waals surface area contributed by atoms with Gasteiger partial charge in [0, 0.05) is 22.5 Å². The summed E-state index contributed by atoms with van der Waals surface area (Å²) in [6, 6.07) is 9.40. The average molecular weight is 208 g/mol. The van der Waals surface area contributed by atoms with Crippen LogP contribution in [-0.2, 0) is 0 Å². The second-order valence-corrected chi connectivity index (χ2v) is 3.59. The molecule has 3 rings (SSSR count). The van der Waals surface area contributed by atoms with Gasteiger partial charge in [-0.05, 0) is 12.1 Å². The highest BCUT2D eigenvalue weighted by atomic mass is 16.1. The SMILES string of the molecule is O=Cc1ccc2c(c1)ncc1ncccc12. The maximum atomic E-state index is 10.7. The van der Waals surface area contributed by atoms with Crippen LogP contribution in [0.25, 0.3) is 21.8 Å². The highest BCUT2D eigenvalue weighted by Gasteiger charge is 2.02. The van der Waals surface area contributed by atoms with Crippen molar-refractivity contribution in [2.75, 3.05) is 0 Å². The number of nitrogens with zero attached hydrogens (tertiary/aromatic N) is 2. The van der Waals surface area contributed by atoms with Crippen molar-refractivity contribution in [3.05, 3.63) is 48.3 Å². The molecule has 3 heteroatoms. The molecule has 0 saturated heterocycles. The first-order chi connectivity index (χ1) is 7.88. The maximum absolute atomic E-state index is 10.7. The van der Waals surface area contributed by atoms with Crippen LogP contribution in [0.2, 0.25) is 0 Å². The number of aldehydes is 1. The van der Waals surface area contributed by atoms with Crippen LogP contribution in [0.15, 0.2) is 42.7 Å². The van der Waals surface area contributed by atoms with Gasteiger partial charge in [-0.25, -0.2) is 0 Å². The third-order valence-electron chi connectivity index (χ3n) is 2.61. The number of carbonyl (C=O) groups is 1. The van der Waals surface area contributed by atoms with Crippen LogP contribution in [-0.4, -0.2) is 16.3 Å². The first-order valence-electron chi connectivity index (χ1n) is 4.97. The molecule has 0 fully saturated rings. The number of benzene rings is 1. The summed E-state index contributed by atoms with van der Waals surface area (Å²) >= 11 is 0. The fourth-order valence-electron chi connectivity index (χ4n) is 1.84. The Kier molecular flexibility index (Phi) is 1.90. The third-order valence-corrected chi connectivity index (χ3v) is 2.61. The van der Waals surface area contributed by atoms with E-state index < -0.39 is 0 Å². The molecule has 3 aromatic rings. The van der Waals surface area contributed by atoms with Crippen molar-refractivity contribution in [2.24, 2.45) is 0 Å². The molecule has 76 valence electrons. The van der Waals surface area contributed by atoms with Gasteiger partial charge in [-0.3, -0.25) is 14.8 Å². The van der Waals surface area contributed by atoms with Crippen LogP contribution in [0, 0.1) is 0 Å². The molecule has 0 radical (unpaired) electrons. The zero-order valence-electron chi connectivity index (χ0n) is 8.42. The molecule has 3 nitrogen and oxygen atoms in total. The Labute approximate surface area is 91.8 Å². The molecular weight excluding hydrogens is 200 g/mol. The summed E-state index contributed by atoms with van der Waals surface area (Å²) in [5.74, 6) is 0. The Morgan fingerprint density at radius 2 is 1.88 bits per heavy atom. The van der Waals surface area contributed by atoms with Crippen LogP contribution in [0.3, 0.4) is 0 Å². The van der Waals surface area contributed by atoms with Crippen molar-refractivity contribution in [3.63, 3.8) is 0 Å². The maximum Gasteiger partial charge on any atom is 0.150 e. The van der Waals surface area contributed by atoms with Gasteiger partial charge in [0.05, 0.1) is 17.2 Å². The van der Waals surface area contributed by atoms with E-state index in [1.807, 2.05) is 18.2 Å². The predicted molar refractivity (Wildman–Crippen MR) is 62.4 cm³/mol. The molecule has 2 heterocycles. The van der Waals surface area contributed by atoms with Gasteiger partial charge in [0.25, 0.3) is 0 Å². The highest BCUT2D eigenvalue weighted by molar-refractivity contribution is 6.04. The van der Waals surface area contributed by atoms with E-state index in [4.69, 9.17) is 0 Å². The lowest BCUT2D eigenvalue weighted by Gasteiger charge is -2.02. The van der Waals surface area contributed by atoms with E-state index in [1.165, 1.54) is 0 Å². The highest BCUT2D eigenvalue weighted by Crippen LogP contribution is 2.22. The molecule has 0 atom stereocenters. The molecule has 1 aromatic carbocycles. The molecule has 16 heavy (non-hydrogen) atoms. The summed E-state index contributed by atoms with van der Waals surface area (Å²) in [5.41, 5.74) is 2.34. The number of rotatable bonds is 1. The van der Waals surface area contributed by atoms with Crippen LogP contribution >= 0.6 is 0 Å². The smallest absolute Gasteiger partial charge is 0.150 e. The van der Waals surface area contributed by atoms with Gasteiger partial charge >= 0.3 is 0 Å². The van der Waals surface area contributed by atoms with Gasteiger partial charge in [-0.15, -0.1) is 0 Å². The number of hydrogen-bond donors (Lipinski definition) is 0. The number of carbonyl (C=O) groups excluding carboxylic acids is 1. The fraction of sp³-hybridized carbons (Fsp3) is 0. The molecule has 0 unspecified atom stereocenters. The normalized spacial score (nSPS) is 10.8. The molecular formula is C13H8N2O. The summed E-state index contributed by atoms with van der Waals surface area (Å²) < 4.78 is 0. The number of aromatic nitrogens is 2. The van der Waals surface area contributed by atoms with Crippen LogP contribution in [0.4, 0.5) is 0 Å². The van der Waals surface area contributed by atoms with Crippen molar-refractivity contribution in [3.8, 4) is 0 Å². The topological polar surface area (TPSA) is 42.9 Å². The summed E-state index contributed by atoms with van der Waals surface area (Å²) in [4.78, 5) is 19.2. The van der Waals surface area contributed by atoms with Crippen molar-refractivity contribution < 1.29 is 4.79 Å². The molecule has 0 spiro atoms. The lowest BCUT2D eigenvalue weighted by molar-refractivity contribution is 0.112. The number of pyridine rings is 2. The Bertz CT molecular complexity index is 692. The number of fused-ring (bicyclic) bond motifs is 3. The third kappa shape index (κ3) is 1.26. The molecule has 0 N–H and O–H groups in total. The fourth-order valence-corrected chi connectivity index (χ4v) is 1.84. The molecule has 0 saturated carbocycles. The summed E-state index contributed by atoms with van der Waals surface area (Å²) in [6.45, 7) is 0. The second-order valence-electron chi connectivity index (χ2n) is 3.59. The largest absolute Gasteiger partial charge is 0.298 e. The van der Waals surface area contributed by atoms with Crippen LogP contribution < -0.4 is 0 Å². The molecule has 0 amide bonds. The Morgan fingerprint density at radius 1 is 1.00 bits per heavy atom. The van der Waals surface area contributed by atoms with Crippen molar-refractivity contribution >= 4 is 28.1 Å². The monoisotopic (exact) mass is 208 g/mol. The van der Waals surface area contributed by atoms with E-state index in [1.54, 1.807) is 24.5 Å². The van der Waals surface area contributed by atoms with E-state index in [9.17, 15) is 4.79 Å². The quantitative estimate of drug-likeness (QED) is 0.456. The summed E-state index contributed by atoms with van der Waals surface area (Å²) in [6.07, 6.45) is 4.30. The molecule has 0 aliphatic rings. The van der Waals surface area contributed by atoms with Gasteiger partial charge in [0.1, 0.15) is 6.29 Å². The Hall–Kier alpha value is -2.29. The summed E-state index contributed by atoms with van der Waals surface area (Å²) in [5, 5.41) is 2.08. The number of hydrogen-bond acceptors (Lipinski definition) is 3. The summed E-state index contributed by atoms with van der Waals surface area (Å²) in [7, 11) is 0. The minimum Gasteiger partial charge on any atom is -0.298 e. The molecule has 0 bridgehead atoms. The lowest BCUT2D eigenvalue weighted by atomic mass is 10.1. The standard InChI is InChI=1S/C13H8N2O/c16-8-9-3-4-11-10-2-1-5-14-13(10)7-15-12(11)6-9/h1-8H. The molecule has 0 aliphatic heterocycles. The van der Waals surface area contributed by atoms with E-state index in [-0.39, 0.29) is 0 Å². The van der Waals surface area contributed by atoms with Crippen molar-refractivity contribution in [1.82, 2.24) is 9.97 Å². The van der Waals surface area contributed by atoms with E-state index >= 15 is 0 Å². The molecule has 2 aromatic heterocycles. The zero-order valence-corrected chi connectivity index (χ0v) is 8.42. The van der Waals surface area contributed by atoms with E-state index in [0.29, 0.717) is 5.56 Å².